The van der Waals surface area contributed by atoms with Gasteiger partial charge in [-0.2, -0.15) is 0 Å². The van der Waals surface area contributed by atoms with Crippen LogP contribution in [-0.2, 0) is 4.74 Å². The third kappa shape index (κ3) is 2.53. The van der Waals surface area contributed by atoms with Crippen LogP contribution in [0.4, 0.5) is 4.39 Å². The Morgan fingerprint density at radius 1 is 1.44 bits per heavy atom. The highest BCUT2D eigenvalue weighted by Crippen LogP contribution is 2.20. The molecule has 1 aromatic rings. The molecule has 0 atom stereocenters. The minimum absolute atomic E-state index is 0.146. The number of benzene rings is 1. The first-order valence-corrected chi connectivity index (χ1v) is 6.09. The zero-order valence-corrected chi connectivity index (χ0v) is 11.0. The van der Waals surface area contributed by atoms with Crippen LogP contribution in [0.25, 0.3) is 0 Å². The second kappa shape index (κ2) is 4.69. The number of rotatable bonds is 1. The number of morpholine rings is 1. The largest absolute Gasteiger partial charge is 0.372 e. The molecule has 0 spiro atoms. The first-order valence-electron chi connectivity index (χ1n) is 6.09. The lowest BCUT2D eigenvalue weighted by Crippen LogP contribution is -2.50. The van der Waals surface area contributed by atoms with Crippen molar-refractivity contribution in [2.45, 2.75) is 26.4 Å². The van der Waals surface area contributed by atoms with Gasteiger partial charge in [0.1, 0.15) is 5.82 Å². The van der Waals surface area contributed by atoms with Crippen LogP contribution in [0.5, 0.6) is 0 Å². The van der Waals surface area contributed by atoms with Gasteiger partial charge in [-0.15, -0.1) is 0 Å². The predicted molar refractivity (Wildman–Crippen MR) is 67.1 cm³/mol. The van der Waals surface area contributed by atoms with Crippen LogP contribution in [0, 0.1) is 12.7 Å². The fourth-order valence-electron chi connectivity index (χ4n) is 2.17. The highest BCUT2D eigenvalue weighted by molar-refractivity contribution is 5.94. The fourth-order valence-corrected chi connectivity index (χ4v) is 2.17. The number of ether oxygens (including phenoxy) is 1. The van der Waals surface area contributed by atoms with E-state index in [0.29, 0.717) is 25.3 Å². The lowest BCUT2D eigenvalue weighted by atomic mass is 10.0. The summed E-state index contributed by atoms with van der Waals surface area (Å²) in [7, 11) is 0. The normalized spacial score (nSPS) is 18.8. The van der Waals surface area contributed by atoms with Crippen molar-refractivity contribution in [3.05, 3.63) is 35.1 Å². The van der Waals surface area contributed by atoms with Crippen molar-refractivity contribution in [2.75, 3.05) is 19.7 Å². The van der Waals surface area contributed by atoms with Gasteiger partial charge < -0.3 is 9.64 Å². The van der Waals surface area contributed by atoms with Gasteiger partial charge in [-0.25, -0.2) is 4.39 Å². The maximum absolute atomic E-state index is 13.9. The zero-order chi connectivity index (χ0) is 13.3. The van der Waals surface area contributed by atoms with Crippen LogP contribution >= 0.6 is 0 Å². The Bertz CT molecular complexity index is 471. The van der Waals surface area contributed by atoms with Gasteiger partial charge in [-0.1, -0.05) is 12.1 Å². The van der Waals surface area contributed by atoms with E-state index in [1.807, 2.05) is 13.8 Å². The smallest absolute Gasteiger partial charge is 0.257 e. The van der Waals surface area contributed by atoms with Crippen molar-refractivity contribution < 1.29 is 13.9 Å². The maximum atomic E-state index is 13.9. The quantitative estimate of drug-likeness (QED) is 0.767. The summed E-state index contributed by atoms with van der Waals surface area (Å²) in [5, 5.41) is 0. The first-order chi connectivity index (χ1) is 8.41. The van der Waals surface area contributed by atoms with Gasteiger partial charge >= 0.3 is 0 Å². The molecule has 1 heterocycles. The Morgan fingerprint density at radius 3 is 2.83 bits per heavy atom. The SMILES string of the molecule is Cc1cccc(C(=O)N2CCOC(C)(C)C2)c1F. The number of aryl methyl sites for hydroxylation is 1. The average molecular weight is 251 g/mol. The lowest BCUT2D eigenvalue weighted by molar-refractivity contribution is -0.0764. The van der Waals surface area contributed by atoms with E-state index in [-0.39, 0.29) is 17.1 Å². The van der Waals surface area contributed by atoms with Crippen molar-refractivity contribution in [3.8, 4) is 0 Å². The highest BCUT2D eigenvalue weighted by atomic mass is 19.1. The van der Waals surface area contributed by atoms with E-state index in [0.717, 1.165) is 0 Å². The molecule has 1 amide bonds. The molecule has 1 fully saturated rings. The first kappa shape index (κ1) is 13.0. The molecule has 1 aliphatic heterocycles. The van der Waals surface area contributed by atoms with E-state index in [4.69, 9.17) is 4.74 Å². The van der Waals surface area contributed by atoms with Gasteiger partial charge in [0.2, 0.25) is 0 Å². The van der Waals surface area contributed by atoms with E-state index >= 15 is 0 Å². The molecule has 2 rings (SSSR count). The molecular formula is C14H18FNO2. The highest BCUT2D eigenvalue weighted by Gasteiger charge is 2.31. The van der Waals surface area contributed by atoms with Gasteiger partial charge in [-0.3, -0.25) is 4.79 Å². The summed E-state index contributed by atoms with van der Waals surface area (Å²) in [5.41, 5.74) is 0.273. The fraction of sp³-hybridized carbons (Fsp3) is 0.500. The van der Waals surface area contributed by atoms with Crippen molar-refractivity contribution in [1.82, 2.24) is 4.90 Å². The molecule has 0 aliphatic carbocycles. The summed E-state index contributed by atoms with van der Waals surface area (Å²) in [6.07, 6.45) is 0. The molecule has 98 valence electrons. The molecular weight excluding hydrogens is 233 g/mol. The van der Waals surface area contributed by atoms with E-state index in [1.54, 1.807) is 24.0 Å². The summed E-state index contributed by atoms with van der Waals surface area (Å²) in [6.45, 7) is 7.01. The van der Waals surface area contributed by atoms with Gasteiger partial charge in [0.15, 0.2) is 0 Å². The number of carbonyl (C=O) groups excluding carboxylic acids is 1. The number of amides is 1. The lowest BCUT2D eigenvalue weighted by Gasteiger charge is -2.38. The Labute approximate surface area is 107 Å². The molecule has 0 unspecified atom stereocenters. The van der Waals surface area contributed by atoms with Gasteiger partial charge in [-0.05, 0) is 32.4 Å². The number of hydrogen-bond donors (Lipinski definition) is 0. The van der Waals surface area contributed by atoms with Crippen molar-refractivity contribution in [1.29, 1.82) is 0 Å². The molecule has 0 saturated carbocycles. The number of carbonyl (C=O) groups is 1. The predicted octanol–water partition coefficient (Wildman–Crippen LogP) is 2.39. The van der Waals surface area contributed by atoms with Crippen LogP contribution in [0.2, 0.25) is 0 Å². The molecule has 3 nitrogen and oxygen atoms in total. The minimum Gasteiger partial charge on any atom is -0.372 e. The number of hydrogen-bond acceptors (Lipinski definition) is 2. The second-order valence-electron chi connectivity index (χ2n) is 5.27. The van der Waals surface area contributed by atoms with E-state index in [2.05, 4.69) is 0 Å². The molecule has 0 N–H and O–H groups in total. The Morgan fingerprint density at radius 2 is 2.17 bits per heavy atom. The molecule has 0 bridgehead atoms. The Balaban J connectivity index is 2.23. The molecule has 0 radical (unpaired) electrons. The molecule has 4 heteroatoms. The summed E-state index contributed by atoms with van der Waals surface area (Å²) in [6, 6.07) is 4.90. The zero-order valence-electron chi connectivity index (χ0n) is 11.0. The Kier molecular flexibility index (Phi) is 3.39. The van der Waals surface area contributed by atoms with E-state index in [9.17, 15) is 9.18 Å². The summed E-state index contributed by atoms with van der Waals surface area (Å²) in [4.78, 5) is 13.9. The number of nitrogens with zero attached hydrogens (tertiary/aromatic N) is 1. The van der Waals surface area contributed by atoms with Crippen LogP contribution in [0.15, 0.2) is 18.2 Å². The van der Waals surface area contributed by atoms with Crippen LogP contribution in [0.1, 0.15) is 29.8 Å². The van der Waals surface area contributed by atoms with Gasteiger partial charge in [0, 0.05) is 13.1 Å². The summed E-state index contributed by atoms with van der Waals surface area (Å²) < 4.78 is 19.5. The van der Waals surface area contributed by atoms with Gasteiger partial charge in [0.05, 0.1) is 17.8 Å². The van der Waals surface area contributed by atoms with Crippen LogP contribution in [0.3, 0.4) is 0 Å². The molecule has 18 heavy (non-hydrogen) atoms. The third-order valence-electron chi connectivity index (χ3n) is 3.14. The molecule has 1 saturated heterocycles. The molecule has 1 aromatic carbocycles. The standard InChI is InChI=1S/C14H18FNO2/c1-10-5-4-6-11(12(10)15)13(17)16-7-8-18-14(2,3)9-16/h4-6H,7-9H2,1-3H3. The summed E-state index contributed by atoms with van der Waals surface area (Å²) in [5.74, 6) is -0.681. The topological polar surface area (TPSA) is 29.5 Å². The average Bonchev–Trinajstić information content (AvgIpc) is 2.30. The van der Waals surface area contributed by atoms with E-state index in [1.165, 1.54) is 6.07 Å². The monoisotopic (exact) mass is 251 g/mol. The van der Waals surface area contributed by atoms with Crippen molar-refractivity contribution in [3.63, 3.8) is 0 Å². The Hall–Kier alpha value is -1.42. The summed E-state index contributed by atoms with van der Waals surface area (Å²) >= 11 is 0. The van der Waals surface area contributed by atoms with Crippen LogP contribution in [-0.4, -0.2) is 36.1 Å². The molecule has 1 aliphatic rings. The number of halogens is 1. The van der Waals surface area contributed by atoms with E-state index < -0.39 is 5.82 Å². The second-order valence-corrected chi connectivity index (χ2v) is 5.27. The maximum Gasteiger partial charge on any atom is 0.257 e. The van der Waals surface area contributed by atoms with Crippen molar-refractivity contribution in [2.24, 2.45) is 0 Å². The van der Waals surface area contributed by atoms with Crippen molar-refractivity contribution >= 4 is 5.91 Å². The minimum atomic E-state index is -0.424. The third-order valence-corrected chi connectivity index (χ3v) is 3.14. The van der Waals surface area contributed by atoms with Crippen LogP contribution < -0.4 is 0 Å². The van der Waals surface area contributed by atoms with Gasteiger partial charge in [0.25, 0.3) is 5.91 Å². The molecule has 0 aromatic heterocycles.